The van der Waals surface area contributed by atoms with Gasteiger partial charge in [-0.1, -0.05) is 31.2 Å². The summed E-state index contributed by atoms with van der Waals surface area (Å²) in [6, 6.07) is 8.82. The quantitative estimate of drug-likeness (QED) is 0.906. The normalized spacial score (nSPS) is 28.8. The summed E-state index contributed by atoms with van der Waals surface area (Å²) in [6.07, 6.45) is 5.65. The maximum absolute atomic E-state index is 12.8. The van der Waals surface area contributed by atoms with Crippen LogP contribution in [-0.2, 0) is 17.8 Å². The predicted molar refractivity (Wildman–Crippen MR) is 85.0 cm³/mol. The van der Waals surface area contributed by atoms with Crippen LogP contribution in [0.25, 0.3) is 0 Å². The van der Waals surface area contributed by atoms with Crippen molar-refractivity contribution < 1.29 is 4.79 Å². The SMILES string of the molecule is CC1CCC(N(C)C(=O)C2Cc3ccccc3CN2)CC1. The molecule has 0 spiro atoms. The van der Waals surface area contributed by atoms with Crippen LogP contribution in [0.4, 0.5) is 0 Å². The summed E-state index contributed by atoms with van der Waals surface area (Å²) in [6.45, 7) is 3.12. The second-order valence-corrected chi connectivity index (χ2v) is 6.77. The Morgan fingerprint density at radius 2 is 1.81 bits per heavy atom. The van der Waals surface area contributed by atoms with Crippen LogP contribution in [0.1, 0.15) is 43.7 Å². The molecular formula is C18H26N2O. The number of carbonyl (C=O) groups is 1. The first kappa shape index (κ1) is 14.6. The zero-order valence-electron chi connectivity index (χ0n) is 13.1. The molecule has 2 aliphatic rings. The lowest BCUT2D eigenvalue weighted by molar-refractivity contribution is -0.135. The molecule has 1 heterocycles. The van der Waals surface area contributed by atoms with Crippen molar-refractivity contribution in [3.8, 4) is 0 Å². The third-order valence-corrected chi connectivity index (χ3v) is 5.26. The van der Waals surface area contributed by atoms with Crippen molar-refractivity contribution in [3.05, 3.63) is 35.4 Å². The highest BCUT2D eigenvalue weighted by Gasteiger charge is 2.31. The van der Waals surface area contributed by atoms with Gasteiger partial charge in [0.25, 0.3) is 0 Å². The Balaban J connectivity index is 1.63. The summed E-state index contributed by atoms with van der Waals surface area (Å²) in [5.41, 5.74) is 2.65. The Morgan fingerprint density at radius 3 is 2.52 bits per heavy atom. The van der Waals surface area contributed by atoms with Crippen molar-refractivity contribution >= 4 is 5.91 Å². The minimum absolute atomic E-state index is 0.0516. The average Bonchev–Trinajstić information content (AvgIpc) is 2.54. The molecule has 1 unspecified atom stereocenters. The molecule has 1 fully saturated rings. The molecule has 1 atom stereocenters. The molecule has 1 aromatic rings. The first-order valence-corrected chi connectivity index (χ1v) is 8.22. The molecule has 0 bridgehead atoms. The number of benzene rings is 1. The van der Waals surface area contributed by atoms with Gasteiger partial charge >= 0.3 is 0 Å². The zero-order valence-corrected chi connectivity index (χ0v) is 13.1. The number of hydrogen-bond donors (Lipinski definition) is 1. The van der Waals surface area contributed by atoms with E-state index in [1.165, 1.54) is 24.0 Å². The Kier molecular flexibility index (Phi) is 4.29. The lowest BCUT2D eigenvalue weighted by Crippen LogP contribution is -2.51. The Bertz CT molecular complexity index is 506. The van der Waals surface area contributed by atoms with Crippen molar-refractivity contribution in [2.45, 2.75) is 57.7 Å². The smallest absolute Gasteiger partial charge is 0.240 e. The molecule has 1 N–H and O–H groups in total. The average molecular weight is 286 g/mol. The topological polar surface area (TPSA) is 32.3 Å². The van der Waals surface area contributed by atoms with Gasteiger partial charge in [-0.05, 0) is 49.1 Å². The van der Waals surface area contributed by atoms with Crippen LogP contribution in [0.5, 0.6) is 0 Å². The summed E-state index contributed by atoms with van der Waals surface area (Å²) in [4.78, 5) is 14.8. The van der Waals surface area contributed by atoms with Crippen LogP contribution in [-0.4, -0.2) is 29.9 Å². The molecule has 21 heavy (non-hydrogen) atoms. The number of carbonyl (C=O) groups excluding carboxylic acids is 1. The molecule has 0 aromatic heterocycles. The highest BCUT2D eigenvalue weighted by atomic mass is 16.2. The highest BCUT2D eigenvalue weighted by molar-refractivity contribution is 5.82. The summed E-state index contributed by atoms with van der Waals surface area (Å²) < 4.78 is 0. The maximum atomic E-state index is 12.8. The van der Waals surface area contributed by atoms with Gasteiger partial charge in [-0.25, -0.2) is 0 Å². The van der Waals surface area contributed by atoms with Gasteiger partial charge in [0.05, 0.1) is 6.04 Å². The number of rotatable bonds is 2. The van der Waals surface area contributed by atoms with Gasteiger partial charge in [0.2, 0.25) is 5.91 Å². The molecule has 0 radical (unpaired) electrons. The number of nitrogens with one attached hydrogen (secondary N) is 1. The second-order valence-electron chi connectivity index (χ2n) is 6.77. The number of nitrogens with zero attached hydrogens (tertiary/aromatic N) is 1. The molecule has 1 aliphatic carbocycles. The molecule has 1 aliphatic heterocycles. The molecule has 1 amide bonds. The van der Waals surface area contributed by atoms with E-state index in [1.54, 1.807) is 0 Å². The number of amides is 1. The van der Waals surface area contributed by atoms with Crippen molar-refractivity contribution in [1.29, 1.82) is 0 Å². The fraction of sp³-hybridized carbons (Fsp3) is 0.611. The second kappa shape index (κ2) is 6.18. The zero-order chi connectivity index (χ0) is 14.8. The summed E-state index contributed by atoms with van der Waals surface area (Å²) >= 11 is 0. The minimum Gasteiger partial charge on any atom is -0.341 e. The molecule has 3 nitrogen and oxygen atoms in total. The largest absolute Gasteiger partial charge is 0.341 e. The number of hydrogen-bond acceptors (Lipinski definition) is 2. The van der Waals surface area contributed by atoms with Gasteiger partial charge in [0.15, 0.2) is 0 Å². The highest BCUT2D eigenvalue weighted by Crippen LogP contribution is 2.27. The van der Waals surface area contributed by atoms with Crippen LogP contribution in [0.15, 0.2) is 24.3 Å². The monoisotopic (exact) mass is 286 g/mol. The summed E-state index contributed by atoms with van der Waals surface area (Å²) in [7, 11) is 1.99. The van der Waals surface area contributed by atoms with Crippen molar-refractivity contribution in [2.24, 2.45) is 5.92 Å². The van der Waals surface area contributed by atoms with E-state index < -0.39 is 0 Å². The van der Waals surface area contributed by atoms with E-state index in [2.05, 4.69) is 36.5 Å². The van der Waals surface area contributed by atoms with E-state index in [-0.39, 0.29) is 11.9 Å². The molecule has 1 saturated carbocycles. The van der Waals surface area contributed by atoms with Crippen LogP contribution < -0.4 is 5.32 Å². The Hall–Kier alpha value is -1.35. The molecule has 3 heteroatoms. The first-order valence-electron chi connectivity index (χ1n) is 8.22. The fourth-order valence-electron chi connectivity index (χ4n) is 3.68. The van der Waals surface area contributed by atoms with E-state index in [9.17, 15) is 4.79 Å². The van der Waals surface area contributed by atoms with Crippen LogP contribution in [0, 0.1) is 5.92 Å². The standard InChI is InChI=1S/C18H26N2O/c1-13-7-9-16(10-8-13)20(2)18(21)17-11-14-5-3-4-6-15(14)12-19-17/h3-6,13,16-17,19H,7-12H2,1-2H3. The van der Waals surface area contributed by atoms with Crippen molar-refractivity contribution in [3.63, 3.8) is 0 Å². The van der Waals surface area contributed by atoms with Crippen LogP contribution in [0.2, 0.25) is 0 Å². The van der Waals surface area contributed by atoms with Gasteiger partial charge in [-0.2, -0.15) is 0 Å². The first-order chi connectivity index (χ1) is 10.1. The minimum atomic E-state index is -0.0516. The maximum Gasteiger partial charge on any atom is 0.240 e. The third-order valence-electron chi connectivity index (χ3n) is 5.26. The Labute approximate surface area is 127 Å². The van der Waals surface area contributed by atoms with Crippen molar-refractivity contribution in [1.82, 2.24) is 10.2 Å². The van der Waals surface area contributed by atoms with Gasteiger partial charge in [0.1, 0.15) is 0 Å². The molecular weight excluding hydrogens is 260 g/mol. The fourth-order valence-corrected chi connectivity index (χ4v) is 3.68. The molecule has 3 rings (SSSR count). The molecule has 1 aromatic carbocycles. The lowest BCUT2D eigenvalue weighted by Gasteiger charge is -2.36. The number of fused-ring (bicyclic) bond motifs is 1. The summed E-state index contributed by atoms with van der Waals surface area (Å²) in [5, 5.41) is 3.41. The van der Waals surface area contributed by atoms with E-state index in [0.29, 0.717) is 6.04 Å². The van der Waals surface area contributed by atoms with Crippen LogP contribution in [0.3, 0.4) is 0 Å². The predicted octanol–water partition coefficient (Wildman–Crippen LogP) is 2.74. The molecule has 114 valence electrons. The molecule has 0 saturated heterocycles. The van der Waals surface area contributed by atoms with Gasteiger partial charge < -0.3 is 10.2 Å². The van der Waals surface area contributed by atoms with E-state index in [4.69, 9.17) is 0 Å². The van der Waals surface area contributed by atoms with Gasteiger partial charge in [-0.15, -0.1) is 0 Å². The van der Waals surface area contributed by atoms with Gasteiger partial charge in [0, 0.05) is 19.6 Å². The Morgan fingerprint density at radius 1 is 1.14 bits per heavy atom. The lowest BCUT2D eigenvalue weighted by atomic mass is 9.86. The van der Waals surface area contributed by atoms with Crippen molar-refractivity contribution in [2.75, 3.05) is 7.05 Å². The summed E-state index contributed by atoms with van der Waals surface area (Å²) in [5.74, 6) is 1.09. The van der Waals surface area contributed by atoms with E-state index in [0.717, 1.165) is 31.7 Å². The number of likely N-dealkylation sites (N-methyl/N-ethyl adjacent to an activating group) is 1. The van der Waals surface area contributed by atoms with E-state index >= 15 is 0 Å². The van der Waals surface area contributed by atoms with Crippen LogP contribution >= 0.6 is 0 Å². The van der Waals surface area contributed by atoms with Gasteiger partial charge in [-0.3, -0.25) is 4.79 Å². The van der Waals surface area contributed by atoms with E-state index in [1.807, 2.05) is 11.9 Å². The third kappa shape index (κ3) is 3.13.